The summed E-state index contributed by atoms with van der Waals surface area (Å²) >= 11 is 0. The molecule has 0 aliphatic carbocycles. The van der Waals surface area contributed by atoms with Gasteiger partial charge >= 0.3 is 0 Å². The van der Waals surface area contributed by atoms with Crippen LogP contribution < -0.4 is 14.8 Å². The van der Waals surface area contributed by atoms with Crippen LogP contribution in [0.4, 0.5) is 0 Å². The average molecular weight is 441 g/mol. The topological polar surface area (TPSA) is 84.9 Å². The molecule has 0 spiro atoms. The highest BCUT2D eigenvalue weighted by atomic mass is 32.2. The van der Waals surface area contributed by atoms with E-state index in [4.69, 9.17) is 9.47 Å². The van der Waals surface area contributed by atoms with Crippen LogP contribution in [0.2, 0.25) is 0 Å². The Morgan fingerprint density at radius 1 is 1.10 bits per heavy atom. The molecule has 30 heavy (non-hydrogen) atoms. The molecule has 1 aliphatic rings. The number of methoxy groups -OCH3 is 2. The number of nitrogens with zero attached hydrogens (tertiary/aromatic N) is 1. The number of amides is 1. The molecule has 1 fully saturated rings. The molecule has 1 unspecified atom stereocenters. The maximum atomic E-state index is 13.0. The van der Waals surface area contributed by atoms with Gasteiger partial charge in [0.1, 0.15) is 0 Å². The highest BCUT2D eigenvalue weighted by Crippen LogP contribution is 2.32. The molecule has 1 aliphatic heterocycles. The number of sulfonamides is 1. The van der Waals surface area contributed by atoms with Crippen molar-refractivity contribution in [3.05, 3.63) is 18.2 Å². The number of hydrogen-bond donors (Lipinski definition) is 1. The summed E-state index contributed by atoms with van der Waals surface area (Å²) in [6, 6.07) is 4.73. The Hall–Kier alpha value is -1.80. The molecule has 1 atom stereocenters. The fraction of sp³-hybridized carbons (Fsp3) is 0.682. The summed E-state index contributed by atoms with van der Waals surface area (Å²) in [4.78, 5) is 12.7. The number of piperidine rings is 1. The van der Waals surface area contributed by atoms with Crippen LogP contribution in [0.15, 0.2) is 23.1 Å². The van der Waals surface area contributed by atoms with Crippen LogP contribution >= 0.6 is 0 Å². The molecule has 1 heterocycles. The van der Waals surface area contributed by atoms with Gasteiger partial charge in [0.25, 0.3) is 0 Å². The van der Waals surface area contributed by atoms with Gasteiger partial charge in [0.15, 0.2) is 11.5 Å². The molecule has 0 aromatic heterocycles. The minimum Gasteiger partial charge on any atom is -0.493 e. The van der Waals surface area contributed by atoms with Crippen LogP contribution in [-0.2, 0) is 14.8 Å². The lowest BCUT2D eigenvalue weighted by atomic mass is 9.96. The third kappa shape index (κ3) is 6.35. The second-order valence-corrected chi connectivity index (χ2v) is 10.4. The van der Waals surface area contributed by atoms with Crippen molar-refractivity contribution in [2.24, 2.45) is 11.8 Å². The molecule has 1 amide bonds. The molecule has 1 aromatic carbocycles. The van der Waals surface area contributed by atoms with Crippen LogP contribution in [0.3, 0.4) is 0 Å². The molecule has 0 bridgehead atoms. The summed E-state index contributed by atoms with van der Waals surface area (Å²) < 4.78 is 37.9. The van der Waals surface area contributed by atoms with Gasteiger partial charge in [0.2, 0.25) is 15.9 Å². The lowest BCUT2D eigenvalue weighted by Gasteiger charge is -2.31. The minimum atomic E-state index is -3.65. The van der Waals surface area contributed by atoms with Gasteiger partial charge < -0.3 is 14.8 Å². The van der Waals surface area contributed by atoms with E-state index in [1.807, 2.05) is 6.92 Å². The first-order valence-electron chi connectivity index (χ1n) is 10.7. The lowest BCUT2D eigenvalue weighted by Crippen LogP contribution is -2.44. The van der Waals surface area contributed by atoms with Gasteiger partial charge in [-0.1, -0.05) is 26.7 Å². The van der Waals surface area contributed by atoms with Crippen LogP contribution in [0, 0.1) is 11.8 Å². The third-order valence-corrected chi connectivity index (χ3v) is 7.52. The van der Waals surface area contributed by atoms with E-state index in [2.05, 4.69) is 19.2 Å². The Kier molecular flexibility index (Phi) is 8.97. The predicted octanol–water partition coefficient (Wildman–Crippen LogP) is 3.44. The predicted molar refractivity (Wildman–Crippen MR) is 117 cm³/mol. The molecule has 0 radical (unpaired) electrons. The minimum absolute atomic E-state index is 0.0372. The number of rotatable bonds is 10. The molecule has 2 rings (SSSR count). The molecule has 1 N–H and O–H groups in total. The monoisotopic (exact) mass is 440 g/mol. The van der Waals surface area contributed by atoms with Crippen molar-refractivity contribution >= 4 is 15.9 Å². The first kappa shape index (κ1) is 24.5. The van der Waals surface area contributed by atoms with Crippen LogP contribution in [-0.4, -0.2) is 52.0 Å². The summed E-state index contributed by atoms with van der Waals surface area (Å²) in [6.45, 7) is 7.10. The van der Waals surface area contributed by atoms with Gasteiger partial charge in [-0.25, -0.2) is 8.42 Å². The summed E-state index contributed by atoms with van der Waals surface area (Å²) in [7, 11) is -0.665. The van der Waals surface area contributed by atoms with Crippen molar-refractivity contribution in [3.63, 3.8) is 0 Å². The molecule has 8 heteroatoms. The zero-order valence-electron chi connectivity index (χ0n) is 18.8. The normalized spacial score (nSPS) is 17.0. The van der Waals surface area contributed by atoms with E-state index in [-0.39, 0.29) is 22.8 Å². The molecule has 1 aromatic rings. The average Bonchev–Trinajstić information content (AvgIpc) is 2.72. The SMILES string of the molecule is COc1ccc(S(=O)(=O)N2CCC(C(=O)NC(C)CCCC(C)C)CC2)cc1OC. The van der Waals surface area contributed by atoms with Gasteiger partial charge in [0, 0.05) is 31.1 Å². The van der Waals surface area contributed by atoms with Crippen LogP contribution in [0.1, 0.15) is 52.9 Å². The van der Waals surface area contributed by atoms with E-state index in [1.54, 1.807) is 6.07 Å². The zero-order valence-corrected chi connectivity index (χ0v) is 19.6. The molecule has 7 nitrogen and oxygen atoms in total. The first-order chi connectivity index (χ1) is 14.2. The lowest BCUT2D eigenvalue weighted by molar-refractivity contribution is -0.126. The molecular formula is C22H36N2O5S. The Bertz CT molecular complexity index is 802. The van der Waals surface area contributed by atoms with Crippen LogP contribution in [0.25, 0.3) is 0 Å². The highest BCUT2D eigenvalue weighted by Gasteiger charge is 2.32. The van der Waals surface area contributed by atoms with Crippen molar-refractivity contribution in [2.75, 3.05) is 27.3 Å². The Morgan fingerprint density at radius 2 is 1.73 bits per heavy atom. The second-order valence-electron chi connectivity index (χ2n) is 8.43. The molecule has 1 saturated heterocycles. The van der Waals surface area contributed by atoms with Crippen LogP contribution in [0.5, 0.6) is 11.5 Å². The summed E-state index contributed by atoms with van der Waals surface area (Å²) in [6.07, 6.45) is 4.28. The summed E-state index contributed by atoms with van der Waals surface area (Å²) in [5.41, 5.74) is 0. The van der Waals surface area contributed by atoms with E-state index in [0.717, 1.165) is 19.3 Å². The van der Waals surface area contributed by atoms with Crippen molar-refractivity contribution in [1.82, 2.24) is 9.62 Å². The van der Waals surface area contributed by atoms with Crippen molar-refractivity contribution in [2.45, 2.75) is 63.8 Å². The van der Waals surface area contributed by atoms with Gasteiger partial charge in [-0.05, 0) is 44.2 Å². The number of ether oxygens (including phenoxy) is 2. The molecule has 0 saturated carbocycles. The fourth-order valence-electron chi connectivity index (χ4n) is 3.75. The Balaban J connectivity index is 1.92. The van der Waals surface area contributed by atoms with Gasteiger partial charge in [0.05, 0.1) is 19.1 Å². The number of carbonyl (C=O) groups is 1. The smallest absolute Gasteiger partial charge is 0.243 e. The van der Waals surface area contributed by atoms with Crippen molar-refractivity contribution < 1.29 is 22.7 Å². The number of nitrogens with one attached hydrogen (secondary N) is 1. The fourth-order valence-corrected chi connectivity index (χ4v) is 5.24. The van der Waals surface area contributed by atoms with Crippen molar-refractivity contribution in [3.8, 4) is 11.5 Å². The first-order valence-corrected chi connectivity index (χ1v) is 12.2. The third-order valence-electron chi connectivity index (χ3n) is 5.62. The van der Waals surface area contributed by atoms with E-state index < -0.39 is 10.0 Å². The second kappa shape index (κ2) is 11.0. The van der Waals surface area contributed by atoms with E-state index in [1.165, 1.54) is 30.7 Å². The number of benzene rings is 1. The Labute approximate surface area is 181 Å². The van der Waals surface area contributed by atoms with Gasteiger partial charge in [-0.15, -0.1) is 0 Å². The summed E-state index contributed by atoms with van der Waals surface area (Å²) in [5, 5.41) is 3.10. The Morgan fingerprint density at radius 3 is 2.30 bits per heavy atom. The van der Waals surface area contributed by atoms with Gasteiger partial charge in [-0.3, -0.25) is 4.79 Å². The highest BCUT2D eigenvalue weighted by molar-refractivity contribution is 7.89. The maximum Gasteiger partial charge on any atom is 0.243 e. The zero-order chi connectivity index (χ0) is 22.3. The quantitative estimate of drug-likeness (QED) is 0.602. The largest absolute Gasteiger partial charge is 0.493 e. The number of hydrogen-bond acceptors (Lipinski definition) is 5. The van der Waals surface area contributed by atoms with Gasteiger partial charge in [-0.2, -0.15) is 4.31 Å². The van der Waals surface area contributed by atoms with Crippen molar-refractivity contribution in [1.29, 1.82) is 0 Å². The molecule has 170 valence electrons. The van der Waals surface area contributed by atoms with E-state index in [9.17, 15) is 13.2 Å². The number of carbonyl (C=O) groups excluding carboxylic acids is 1. The standard InChI is InChI=1S/C22H36N2O5S/c1-16(2)7-6-8-17(3)23-22(25)18-11-13-24(14-12-18)30(26,27)19-9-10-20(28-4)21(15-19)29-5/h9-10,15-18H,6-8,11-14H2,1-5H3,(H,23,25). The molecular weight excluding hydrogens is 404 g/mol. The summed E-state index contributed by atoms with van der Waals surface area (Å²) in [5.74, 6) is 1.42. The van der Waals surface area contributed by atoms with E-state index in [0.29, 0.717) is 43.3 Å². The maximum absolute atomic E-state index is 13.0. The van der Waals surface area contributed by atoms with E-state index >= 15 is 0 Å².